The number of morpholine rings is 1. The Labute approximate surface area is 133 Å². The first-order valence-electron chi connectivity index (χ1n) is 7.33. The maximum Gasteiger partial charge on any atom is 0.275 e. The van der Waals surface area contributed by atoms with Crippen LogP contribution in [-0.4, -0.2) is 42.1 Å². The lowest BCUT2D eigenvalue weighted by molar-refractivity contribution is 0.0341. The number of hydrogen-bond donors (Lipinski definition) is 1. The van der Waals surface area contributed by atoms with Gasteiger partial charge in [0.25, 0.3) is 5.91 Å². The summed E-state index contributed by atoms with van der Waals surface area (Å²) in [6.45, 7) is 6.16. The number of carbonyl (C=O) groups is 1. The van der Waals surface area contributed by atoms with Gasteiger partial charge in [0.05, 0.1) is 19.8 Å². The fraction of sp³-hybridized carbons (Fsp3) is 0.375. The molecular formula is C16H19N3O2S. The van der Waals surface area contributed by atoms with Crippen molar-refractivity contribution in [3.8, 4) is 0 Å². The Morgan fingerprint density at radius 2 is 2.23 bits per heavy atom. The molecular weight excluding hydrogens is 298 g/mol. The number of aryl methyl sites for hydroxylation is 1. The fourth-order valence-electron chi connectivity index (χ4n) is 2.36. The average molecular weight is 317 g/mol. The highest BCUT2D eigenvalue weighted by Gasteiger charge is 2.15. The van der Waals surface area contributed by atoms with Gasteiger partial charge in [-0.05, 0) is 24.6 Å². The van der Waals surface area contributed by atoms with Gasteiger partial charge in [0.15, 0.2) is 0 Å². The van der Waals surface area contributed by atoms with Crippen molar-refractivity contribution < 1.29 is 9.53 Å². The molecule has 1 saturated heterocycles. The topological polar surface area (TPSA) is 54.5 Å². The van der Waals surface area contributed by atoms with Crippen molar-refractivity contribution in [1.82, 2.24) is 9.88 Å². The van der Waals surface area contributed by atoms with Crippen molar-refractivity contribution in [3.05, 3.63) is 45.9 Å². The van der Waals surface area contributed by atoms with Gasteiger partial charge in [0, 0.05) is 24.2 Å². The van der Waals surface area contributed by atoms with Gasteiger partial charge >= 0.3 is 0 Å². The van der Waals surface area contributed by atoms with Crippen LogP contribution in [0.5, 0.6) is 0 Å². The Kier molecular flexibility index (Phi) is 4.82. The predicted molar refractivity (Wildman–Crippen MR) is 87.3 cm³/mol. The Morgan fingerprint density at radius 1 is 1.41 bits per heavy atom. The van der Waals surface area contributed by atoms with Crippen molar-refractivity contribution >= 4 is 22.9 Å². The fourth-order valence-corrected chi connectivity index (χ4v) is 3.17. The van der Waals surface area contributed by atoms with Gasteiger partial charge in [-0.1, -0.05) is 12.1 Å². The normalized spacial score (nSPS) is 15.7. The minimum absolute atomic E-state index is 0.157. The van der Waals surface area contributed by atoms with Crippen molar-refractivity contribution in [1.29, 1.82) is 0 Å². The van der Waals surface area contributed by atoms with Crippen LogP contribution in [0.1, 0.15) is 21.1 Å². The third kappa shape index (κ3) is 3.91. The molecule has 2 heterocycles. The van der Waals surface area contributed by atoms with Crippen LogP contribution in [0, 0.1) is 6.92 Å². The summed E-state index contributed by atoms with van der Waals surface area (Å²) < 4.78 is 5.33. The molecule has 0 bridgehead atoms. The molecule has 3 rings (SSSR count). The van der Waals surface area contributed by atoms with Gasteiger partial charge in [-0.25, -0.2) is 4.98 Å². The summed E-state index contributed by atoms with van der Waals surface area (Å²) in [6, 6.07) is 7.75. The number of amides is 1. The highest BCUT2D eigenvalue weighted by molar-refractivity contribution is 7.09. The van der Waals surface area contributed by atoms with E-state index >= 15 is 0 Å². The number of nitrogens with one attached hydrogen (secondary N) is 1. The second-order valence-corrected chi connectivity index (χ2v) is 6.28. The van der Waals surface area contributed by atoms with E-state index in [-0.39, 0.29) is 5.91 Å². The zero-order valence-electron chi connectivity index (χ0n) is 12.5. The second-order valence-electron chi connectivity index (χ2n) is 5.34. The molecule has 0 saturated carbocycles. The third-order valence-corrected chi connectivity index (χ3v) is 4.36. The number of benzene rings is 1. The molecule has 2 aromatic rings. The second kappa shape index (κ2) is 7.00. The summed E-state index contributed by atoms with van der Waals surface area (Å²) >= 11 is 1.53. The standard InChI is InChI=1S/C16H19N3O2S/c1-12-3-2-4-13(9-12)17-16(20)14-11-22-15(18-14)10-19-5-7-21-8-6-19/h2-4,9,11H,5-8,10H2,1H3,(H,17,20). The molecule has 0 spiro atoms. The molecule has 1 aliphatic heterocycles. The molecule has 0 radical (unpaired) electrons. The zero-order valence-corrected chi connectivity index (χ0v) is 13.4. The van der Waals surface area contributed by atoms with Crippen molar-refractivity contribution in [3.63, 3.8) is 0 Å². The van der Waals surface area contributed by atoms with Crippen molar-refractivity contribution in [2.24, 2.45) is 0 Å². The number of thiazole rings is 1. The summed E-state index contributed by atoms with van der Waals surface area (Å²) in [4.78, 5) is 19.0. The molecule has 0 atom stereocenters. The third-order valence-electron chi connectivity index (χ3n) is 3.52. The Hall–Kier alpha value is -1.76. The predicted octanol–water partition coefficient (Wildman–Crippen LogP) is 2.54. The Bertz CT molecular complexity index is 650. The molecule has 5 nitrogen and oxygen atoms in total. The van der Waals surface area contributed by atoms with Gasteiger partial charge in [-0.3, -0.25) is 9.69 Å². The molecule has 1 aromatic carbocycles. The van der Waals surface area contributed by atoms with Crippen LogP contribution >= 0.6 is 11.3 Å². The summed E-state index contributed by atoms with van der Waals surface area (Å²) in [5.41, 5.74) is 2.39. The molecule has 116 valence electrons. The number of anilines is 1. The summed E-state index contributed by atoms with van der Waals surface area (Å²) in [7, 11) is 0. The van der Waals surface area contributed by atoms with Gasteiger partial charge in [0.2, 0.25) is 0 Å². The van der Waals surface area contributed by atoms with E-state index in [0.717, 1.165) is 49.1 Å². The number of aromatic nitrogens is 1. The quantitative estimate of drug-likeness (QED) is 0.941. The Morgan fingerprint density at radius 3 is 3.00 bits per heavy atom. The lowest BCUT2D eigenvalue weighted by Crippen LogP contribution is -2.35. The van der Waals surface area contributed by atoms with Crippen LogP contribution in [-0.2, 0) is 11.3 Å². The molecule has 1 aromatic heterocycles. The molecule has 1 fully saturated rings. The van der Waals surface area contributed by atoms with Gasteiger partial charge in [0.1, 0.15) is 10.7 Å². The van der Waals surface area contributed by atoms with E-state index < -0.39 is 0 Å². The van der Waals surface area contributed by atoms with Crippen LogP contribution in [0.3, 0.4) is 0 Å². The minimum atomic E-state index is -0.157. The minimum Gasteiger partial charge on any atom is -0.379 e. The monoisotopic (exact) mass is 317 g/mol. The number of carbonyl (C=O) groups excluding carboxylic acids is 1. The van der Waals surface area contributed by atoms with Crippen LogP contribution < -0.4 is 5.32 Å². The average Bonchev–Trinajstić information content (AvgIpc) is 2.97. The van der Waals surface area contributed by atoms with Crippen molar-refractivity contribution in [2.75, 3.05) is 31.6 Å². The molecule has 1 N–H and O–H groups in total. The van der Waals surface area contributed by atoms with E-state index in [1.807, 2.05) is 36.6 Å². The SMILES string of the molecule is Cc1cccc(NC(=O)c2csc(CN3CCOCC3)n2)c1. The smallest absolute Gasteiger partial charge is 0.275 e. The summed E-state index contributed by atoms with van der Waals surface area (Å²) in [5.74, 6) is -0.157. The Balaban J connectivity index is 1.61. The van der Waals surface area contributed by atoms with Crippen LogP contribution in [0.25, 0.3) is 0 Å². The first-order chi connectivity index (χ1) is 10.7. The first-order valence-corrected chi connectivity index (χ1v) is 8.21. The van der Waals surface area contributed by atoms with E-state index in [4.69, 9.17) is 4.74 Å². The van der Waals surface area contributed by atoms with Crippen LogP contribution in [0.4, 0.5) is 5.69 Å². The van der Waals surface area contributed by atoms with E-state index in [2.05, 4.69) is 15.2 Å². The summed E-state index contributed by atoms with van der Waals surface area (Å²) in [6.07, 6.45) is 0. The maximum absolute atomic E-state index is 12.2. The van der Waals surface area contributed by atoms with Crippen molar-refractivity contribution in [2.45, 2.75) is 13.5 Å². The molecule has 0 unspecified atom stereocenters. The number of rotatable bonds is 4. The van der Waals surface area contributed by atoms with E-state index in [1.165, 1.54) is 11.3 Å². The van der Waals surface area contributed by atoms with Crippen LogP contribution in [0.2, 0.25) is 0 Å². The highest BCUT2D eigenvalue weighted by atomic mass is 32.1. The largest absolute Gasteiger partial charge is 0.379 e. The molecule has 1 aliphatic rings. The van der Waals surface area contributed by atoms with E-state index in [1.54, 1.807) is 0 Å². The molecule has 22 heavy (non-hydrogen) atoms. The number of ether oxygens (including phenoxy) is 1. The summed E-state index contributed by atoms with van der Waals surface area (Å²) in [5, 5.41) is 5.68. The highest BCUT2D eigenvalue weighted by Crippen LogP contribution is 2.16. The van der Waals surface area contributed by atoms with Gasteiger partial charge in [-0.2, -0.15) is 0 Å². The first kappa shape index (κ1) is 15.1. The molecule has 6 heteroatoms. The van der Waals surface area contributed by atoms with Crippen LogP contribution in [0.15, 0.2) is 29.6 Å². The zero-order chi connectivity index (χ0) is 15.4. The van der Waals surface area contributed by atoms with E-state index in [0.29, 0.717) is 5.69 Å². The van der Waals surface area contributed by atoms with E-state index in [9.17, 15) is 4.79 Å². The lowest BCUT2D eigenvalue weighted by atomic mass is 10.2. The lowest BCUT2D eigenvalue weighted by Gasteiger charge is -2.25. The maximum atomic E-state index is 12.2. The molecule has 1 amide bonds. The van der Waals surface area contributed by atoms with Gasteiger partial charge in [-0.15, -0.1) is 11.3 Å². The molecule has 0 aliphatic carbocycles. The van der Waals surface area contributed by atoms with Gasteiger partial charge < -0.3 is 10.1 Å². The number of hydrogen-bond acceptors (Lipinski definition) is 5. The number of nitrogens with zero attached hydrogens (tertiary/aromatic N) is 2.